The first kappa shape index (κ1) is 14.6. The van der Waals surface area contributed by atoms with Gasteiger partial charge in [0, 0.05) is 37.7 Å². The highest BCUT2D eigenvalue weighted by Crippen LogP contribution is 2.20. The molecule has 0 spiro atoms. The highest BCUT2D eigenvalue weighted by atomic mass is 16.2. The first-order valence-electron chi connectivity index (χ1n) is 7.79. The number of aryl methyl sites for hydroxylation is 1. The molecule has 1 aliphatic heterocycles. The first-order valence-corrected chi connectivity index (χ1v) is 7.79. The van der Waals surface area contributed by atoms with Gasteiger partial charge < -0.3 is 14.8 Å². The Labute approximate surface area is 131 Å². The molecular weight excluding hydrogens is 276 g/mol. The van der Waals surface area contributed by atoms with Gasteiger partial charge in [0.25, 0.3) is 0 Å². The fraction of sp³-hybridized carbons (Fsp3) is 0.412. The minimum absolute atomic E-state index is 0.00619. The number of benzene rings is 1. The second-order valence-electron chi connectivity index (χ2n) is 5.99. The lowest BCUT2D eigenvalue weighted by Crippen LogP contribution is -2.41. The number of likely N-dealkylation sites (tertiary alicyclic amines) is 1. The van der Waals surface area contributed by atoms with E-state index in [2.05, 4.69) is 14.9 Å². The topological polar surface area (TPSA) is 50.2 Å². The van der Waals surface area contributed by atoms with Crippen molar-refractivity contribution in [2.75, 3.05) is 18.4 Å². The summed E-state index contributed by atoms with van der Waals surface area (Å²) < 4.78 is 2.12. The number of aromatic nitrogens is 2. The monoisotopic (exact) mass is 298 g/mol. The van der Waals surface area contributed by atoms with Crippen LogP contribution < -0.4 is 5.32 Å². The van der Waals surface area contributed by atoms with Gasteiger partial charge in [-0.2, -0.15) is 0 Å². The molecule has 0 saturated carbocycles. The van der Waals surface area contributed by atoms with Crippen LogP contribution in [0.1, 0.15) is 18.4 Å². The average molecular weight is 298 g/mol. The molecule has 0 unspecified atom stereocenters. The highest BCUT2D eigenvalue weighted by Gasteiger charge is 2.23. The number of hydrogen-bond acceptors (Lipinski definition) is 2. The van der Waals surface area contributed by atoms with Gasteiger partial charge in [0.2, 0.25) is 0 Å². The highest BCUT2D eigenvalue weighted by molar-refractivity contribution is 5.89. The summed E-state index contributed by atoms with van der Waals surface area (Å²) >= 11 is 0. The molecule has 2 heterocycles. The van der Waals surface area contributed by atoms with Crippen molar-refractivity contribution >= 4 is 11.7 Å². The summed E-state index contributed by atoms with van der Waals surface area (Å²) in [5.74, 6) is 0.622. The van der Waals surface area contributed by atoms with E-state index in [1.807, 2.05) is 54.8 Å². The average Bonchev–Trinajstić information content (AvgIpc) is 3.01. The first-order chi connectivity index (χ1) is 10.7. The number of urea groups is 1. The lowest BCUT2D eigenvalue weighted by atomic mass is 9.97. The normalized spacial score (nSPS) is 15.8. The quantitative estimate of drug-likeness (QED) is 0.946. The number of carbonyl (C=O) groups is 1. The molecule has 1 aliphatic rings. The molecule has 1 fully saturated rings. The van der Waals surface area contributed by atoms with Crippen molar-refractivity contribution in [2.45, 2.75) is 26.3 Å². The molecule has 0 radical (unpaired) electrons. The minimum Gasteiger partial charge on any atom is -0.337 e. The van der Waals surface area contributed by atoms with E-state index in [0.717, 1.165) is 43.7 Å². The number of anilines is 1. The molecular formula is C17H22N4O. The van der Waals surface area contributed by atoms with Crippen molar-refractivity contribution in [3.8, 4) is 0 Å². The molecule has 0 atom stereocenters. The summed E-state index contributed by atoms with van der Waals surface area (Å²) in [5, 5.41) is 2.98. The van der Waals surface area contributed by atoms with Crippen molar-refractivity contribution < 1.29 is 4.79 Å². The third-order valence-electron chi connectivity index (χ3n) is 4.20. The van der Waals surface area contributed by atoms with E-state index >= 15 is 0 Å². The standard InChI is InChI=1S/C17H22N4O/c1-14-3-2-4-16(11-14)19-17(22)21-8-5-15(6-9-21)12-20-10-7-18-13-20/h2-4,7,10-11,13,15H,5-6,8-9,12H2,1H3,(H,19,22). The number of amides is 2. The molecule has 1 aromatic heterocycles. The van der Waals surface area contributed by atoms with Gasteiger partial charge in [0.05, 0.1) is 6.33 Å². The van der Waals surface area contributed by atoms with Crippen molar-refractivity contribution in [1.29, 1.82) is 0 Å². The number of imidazole rings is 1. The van der Waals surface area contributed by atoms with Crippen LogP contribution in [0.2, 0.25) is 0 Å². The SMILES string of the molecule is Cc1cccc(NC(=O)N2CCC(Cn3ccnc3)CC2)c1. The Balaban J connectivity index is 1.49. The lowest BCUT2D eigenvalue weighted by Gasteiger charge is -2.32. The number of piperidine rings is 1. The van der Waals surface area contributed by atoms with Gasteiger partial charge in [-0.05, 0) is 43.4 Å². The van der Waals surface area contributed by atoms with E-state index in [9.17, 15) is 4.79 Å². The summed E-state index contributed by atoms with van der Waals surface area (Å²) in [6.45, 7) is 4.65. The molecule has 2 aromatic rings. The van der Waals surface area contributed by atoms with E-state index in [1.54, 1.807) is 0 Å². The molecule has 5 nitrogen and oxygen atoms in total. The van der Waals surface area contributed by atoms with Gasteiger partial charge in [-0.3, -0.25) is 0 Å². The molecule has 1 N–H and O–H groups in total. The Bertz CT molecular complexity index is 615. The zero-order chi connectivity index (χ0) is 15.4. The van der Waals surface area contributed by atoms with Crippen molar-refractivity contribution in [2.24, 2.45) is 5.92 Å². The smallest absolute Gasteiger partial charge is 0.321 e. The van der Waals surface area contributed by atoms with Crippen LogP contribution in [0.3, 0.4) is 0 Å². The summed E-state index contributed by atoms with van der Waals surface area (Å²) in [7, 11) is 0. The Morgan fingerprint density at radius 1 is 1.36 bits per heavy atom. The van der Waals surface area contributed by atoms with Gasteiger partial charge >= 0.3 is 6.03 Å². The molecule has 1 saturated heterocycles. The summed E-state index contributed by atoms with van der Waals surface area (Å²) in [6, 6.07) is 7.91. The number of rotatable bonds is 3. The van der Waals surface area contributed by atoms with Gasteiger partial charge in [-0.15, -0.1) is 0 Å². The van der Waals surface area contributed by atoms with Crippen LogP contribution in [0.25, 0.3) is 0 Å². The number of hydrogen-bond donors (Lipinski definition) is 1. The largest absolute Gasteiger partial charge is 0.337 e. The Morgan fingerprint density at radius 2 is 2.18 bits per heavy atom. The Kier molecular flexibility index (Phi) is 4.42. The van der Waals surface area contributed by atoms with E-state index in [-0.39, 0.29) is 6.03 Å². The zero-order valence-electron chi connectivity index (χ0n) is 12.9. The van der Waals surface area contributed by atoms with Crippen LogP contribution in [-0.2, 0) is 6.54 Å². The maximum atomic E-state index is 12.3. The molecule has 22 heavy (non-hydrogen) atoms. The fourth-order valence-corrected chi connectivity index (χ4v) is 2.94. The third kappa shape index (κ3) is 3.67. The van der Waals surface area contributed by atoms with Crippen molar-refractivity contribution in [1.82, 2.24) is 14.5 Å². The third-order valence-corrected chi connectivity index (χ3v) is 4.20. The number of nitrogens with zero attached hydrogens (tertiary/aromatic N) is 3. The van der Waals surface area contributed by atoms with Crippen LogP contribution in [0.5, 0.6) is 0 Å². The number of carbonyl (C=O) groups excluding carboxylic acids is 1. The molecule has 3 rings (SSSR count). The molecule has 116 valence electrons. The second kappa shape index (κ2) is 6.64. The Hall–Kier alpha value is -2.30. The molecule has 0 bridgehead atoms. The predicted octanol–water partition coefficient (Wildman–Crippen LogP) is 3.14. The zero-order valence-corrected chi connectivity index (χ0v) is 12.9. The van der Waals surface area contributed by atoms with Gasteiger partial charge in [0.15, 0.2) is 0 Å². The van der Waals surface area contributed by atoms with E-state index in [0.29, 0.717) is 5.92 Å². The van der Waals surface area contributed by atoms with E-state index in [4.69, 9.17) is 0 Å². The van der Waals surface area contributed by atoms with E-state index < -0.39 is 0 Å². The maximum absolute atomic E-state index is 12.3. The Morgan fingerprint density at radius 3 is 2.86 bits per heavy atom. The van der Waals surface area contributed by atoms with Crippen LogP contribution in [0, 0.1) is 12.8 Å². The van der Waals surface area contributed by atoms with Gasteiger partial charge in [-0.25, -0.2) is 9.78 Å². The van der Waals surface area contributed by atoms with Crippen molar-refractivity contribution in [3.63, 3.8) is 0 Å². The number of nitrogens with one attached hydrogen (secondary N) is 1. The van der Waals surface area contributed by atoms with E-state index in [1.165, 1.54) is 0 Å². The molecule has 0 aliphatic carbocycles. The molecule has 1 aromatic carbocycles. The fourth-order valence-electron chi connectivity index (χ4n) is 2.94. The van der Waals surface area contributed by atoms with Gasteiger partial charge in [-0.1, -0.05) is 12.1 Å². The van der Waals surface area contributed by atoms with Crippen LogP contribution in [-0.4, -0.2) is 33.6 Å². The molecule has 5 heteroatoms. The second-order valence-corrected chi connectivity index (χ2v) is 5.99. The van der Waals surface area contributed by atoms with Crippen LogP contribution in [0.15, 0.2) is 43.0 Å². The predicted molar refractivity (Wildman–Crippen MR) is 86.7 cm³/mol. The van der Waals surface area contributed by atoms with Gasteiger partial charge in [0.1, 0.15) is 0 Å². The van der Waals surface area contributed by atoms with Crippen LogP contribution in [0.4, 0.5) is 10.5 Å². The minimum atomic E-state index is 0.00619. The lowest BCUT2D eigenvalue weighted by molar-refractivity contribution is 0.177. The summed E-state index contributed by atoms with van der Waals surface area (Å²) in [5.41, 5.74) is 2.02. The summed E-state index contributed by atoms with van der Waals surface area (Å²) in [4.78, 5) is 18.3. The van der Waals surface area contributed by atoms with Crippen molar-refractivity contribution in [3.05, 3.63) is 48.5 Å². The molecule has 2 amide bonds. The maximum Gasteiger partial charge on any atom is 0.321 e. The van der Waals surface area contributed by atoms with Crippen LogP contribution >= 0.6 is 0 Å². The summed E-state index contributed by atoms with van der Waals surface area (Å²) in [6.07, 6.45) is 7.75.